The van der Waals surface area contributed by atoms with Crippen LogP contribution in [0.3, 0.4) is 0 Å². The zero-order valence-corrected chi connectivity index (χ0v) is 12.4. The first-order valence-corrected chi connectivity index (χ1v) is 7.93. The van der Waals surface area contributed by atoms with Crippen LogP contribution < -0.4 is 10.1 Å². The average Bonchev–Trinajstić information content (AvgIpc) is 2.47. The third kappa shape index (κ3) is 3.67. The lowest BCUT2D eigenvalue weighted by Crippen LogP contribution is -2.13. The van der Waals surface area contributed by atoms with Crippen LogP contribution in [0.5, 0.6) is 5.75 Å². The molecule has 2 rings (SSSR count). The molecular formula is C12H10ClN3O4S. The largest absolute Gasteiger partial charge is 0.495 e. The monoisotopic (exact) mass is 327 g/mol. The molecule has 1 heterocycles. The Morgan fingerprint density at radius 2 is 2.05 bits per heavy atom. The summed E-state index contributed by atoms with van der Waals surface area (Å²) >= 11 is 0. The van der Waals surface area contributed by atoms with E-state index >= 15 is 0 Å². The van der Waals surface area contributed by atoms with Crippen LogP contribution in [0.15, 0.2) is 41.6 Å². The van der Waals surface area contributed by atoms with Gasteiger partial charge in [0.05, 0.1) is 35.6 Å². The number of nitrogens with one attached hydrogen (secondary N) is 1. The predicted octanol–water partition coefficient (Wildman–Crippen LogP) is 1.66. The van der Waals surface area contributed by atoms with Crippen LogP contribution in [0.25, 0.3) is 0 Å². The number of carbonyl (C=O) groups is 1. The van der Waals surface area contributed by atoms with E-state index in [0.717, 1.165) is 0 Å². The number of nitrogens with zero attached hydrogens (tertiary/aromatic N) is 2. The highest BCUT2D eigenvalue weighted by atomic mass is 35.7. The van der Waals surface area contributed by atoms with Crippen molar-refractivity contribution in [3.8, 4) is 5.75 Å². The van der Waals surface area contributed by atoms with Gasteiger partial charge in [0, 0.05) is 10.7 Å². The van der Waals surface area contributed by atoms with Gasteiger partial charge in [0.2, 0.25) is 0 Å². The molecule has 0 bridgehead atoms. The number of carbonyl (C=O) groups excluding carboxylic acids is 1. The molecule has 0 saturated heterocycles. The van der Waals surface area contributed by atoms with Crippen molar-refractivity contribution < 1.29 is 17.9 Å². The molecule has 0 atom stereocenters. The van der Waals surface area contributed by atoms with E-state index in [-0.39, 0.29) is 16.1 Å². The van der Waals surface area contributed by atoms with Crippen molar-refractivity contribution >= 4 is 31.3 Å². The first-order chi connectivity index (χ1) is 9.91. The minimum atomic E-state index is -3.91. The number of rotatable bonds is 4. The first kappa shape index (κ1) is 15.2. The molecule has 0 saturated carbocycles. The highest BCUT2D eigenvalue weighted by molar-refractivity contribution is 8.13. The van der Waals surface area contributed by atoms with E-state index < -0.39 is 15.0 Å². The van der Waals surface area contributed by atoms with Crippen LogP contribution in [-0.2, 0) is 9.05 Å². The van der Waals surface area contributed by atoms with Gasteiger partial charge < -0.3 is 10.1 Å². The molecule has 0 radical (unpaired) electrons. The highest BCUT2D eigenvalue weighted by Crippen LogP contribution is 2.29. The Morgan fingerprint density at radius 1 is 1.29 bits per heavy atom. The molecule has 0 unspecified atom stereocenters. The van der Waals surface area contributed by atoms with Gasteiger partial charge in [0.1, 0.15) is 5.75 Å². The third-order valence-electron chi connectivity index (χ3n) is 2.55. The summed E-state index contributed by atoms with van der Waals surface area (Å²) in [6, 6.07) is 5.37. The summed E-state index contributed by atoms with van der Waals surface area (Å²) in [4.78, 5) is 11.9. The molecule has 2 aromatic rings. The molecule has 0 aliphatic heterocycles. The Balaban J connectivity index is 2.36. The van der Waals surface area contributed by atoms with Crippen molar-refractivity contribution in [2.75, 3.05) is 12.4 Å². The smallest absolute Gasteiger partial charge is 0.261 e. The lowest BCUT2D eigenvalue weighted by Gasteiger charge is -2.11. The number of halogens is 1. The standard InChI is InChI=1S/C12H10ClN3O4S/c1-20-11-3-2-9(21(13,18)19)6-10(11)16-12(17)8-4-5-14-15-7-8/h2-7H,1H3,(H,16,17). The van der Waals surface area contributed by atoms with E-state index in [4.69, 9.17) is 15.4 Å². The van der Waals surface area contributed by atoms with Gasteiger partial charge in [-0.15, -0.1) is 0 Å². The summed E-state index contributed by atoms with van der Waals surface area (Å²) < 4.78 is 27.7. The van der Waals surface area contributed by atoms with Gasteiger partial charge >= 0.3 is 0 Å². The molecule has 1 N–H and O–H groups in total. The van der Waals surface area contributed by atoms with Crippen LogP contribution in [0.2, 0.25) is 0 Å². The summed E-state index contributed by atoms with van der Waals surface area (Å²) in [6.45, 7) is 0. The Morgan fingerprint density at radius 3 is 2.62 bits per heavy atom. The Labute approximate surface area is 125 Å². The molecule has 0 aliphatic rings. The Hall–Kier alpha value is -2.19. The number of ether oxygens (including phenoxy) is 1. The van der Waals surface area contributed by atoms with Gasteiger partial charge in [-0.3, -0.25) is 4.79 Å². The van der Waals surface area contributed by atoms with Gasteiger partial charge in [0.25, 0.3) is 15.0 Å². The summed E-state index contributed by atoms with van der Waals surface area (Å²) in [5, 5.41) is 9.69. The van der Waals surface area contributed by atoms with E-state index in [2.05, 4.69) is 15.5 Å². The second kappa shape index (κ2) is 6.06. The van der Waals surface area contributed by atoms with Crippen molar-refractivity contribution in [2.24, 2.45) is 0 Å². The number of amides is 1. The molecule has 1 amide bonds. The summed E-state index contributed by atoms with van der Waals surface area (Å²) in [7, 11) is 2.77. The Kier molecular flexibility index (Phi) is 4.39. The van der Waals surface area contributed by atoms with E-state index in [0.29, 0.717) is 5.75 Å². The van der Waals surface area contributed by atoms with Crippen LogP contribution in [0, 0.1) is 0 Å². The second-order valence-corrected chi connectivity index (χ2v) is 6.45. The van der Waals surface area contributed by atoms with E-state index in [1.54, 1.807) is 0 Å². The zero-order valence-electron chi connectivity index (χ0n) is 10.8. The maximum Gasteiger partial charge on any atom is 0.261 e. The maximum absolute atomic E-state index is 12.0. The van der Waals surface area contributed by atoms with Gasteiger partial charge in [-0.25, -0.2) is 8.42 Å². The van der Waals surface area contributed by atoms with E-state index in [1.807, 2.05) is 0 Å². The van der Waals surface area contributed by atoms with Gasteiger partial charge in [-0.2, -0.15) is 10.2 Å². The van der Waals surface area contributed by atoms with Gasteiger partial charge in [-0.05, 0) is 24.3 Å². The van der Waals surface area contributed by atoms with Crippen molar-refractivity contribution in [1.82, 2.24) is 10.2 Å². The molecule has 7 nitrogen and oxygen atoms in total. The van der Waals surface area contributed by atoms with Crippen molar-refractivity contribution in [3.05, 3.63) is 42.2 Å². The minimum absolute atomic E-state index is 0.145. The zero-order chi connectivity index (χ0) is 15.5. The number of benzene rings is 1. The summed E-state index contributed by atoms with van der Waals surface area (Å²) in [6.07, 6.45) is 2.65. The van der Waals surface area contributed by atoms with Crippen molar-refractivity contribution in [3.63, 3.8) is 0 Å². The molecule has 0 fully saturated rings. The molecule has 0 spiro atoms. The molecule has 110 valence electrons. The number of hydrogen-bond donors (Lipinski definition) is 1. The fraction of sp³-hybridized carbons (Fsp3) is 0.0833. The van der Waals surface area contributed by atoms with Crippen molar-refractivity contribution in [2.45, 2.75) is 4.90 Å². The fourth-order valence-electron chi connectivity index (χ4n) is 1.56. The predicted molar refractivity (Wildman–Crippen MR) is 76.0 cm³/mol. The minimum Gasteiger partial charge on any atom is -0.495 e. The average molecular weight is 328 g/mol. The van der Waals surface area contributed by atoms with Crippen molar-refractivity contribution in [1.29, 1.82) is 0 Å². The number of methoxy groups -OCH3 is 1. The summed E-state index contributed by atoms with van der Waals surface area (Å²) in [5.74, 6) is -0.179. The molecule has 21 heavy (non-hydrogen) atoms. The van der Waals surface area contributed by atoms with Gasteiger partial charge in [0.15, 0.2) is 0 Å². The maximum atomic E-state index is 12.0. The van der Waals surface area contributed by atoms with Crippen LogP contribution >= 0.6 is 10.7 Å². The molecule has 1 aromatic heterocycles. The lowest BCUT2D eigenvalue weighted by atomic mass is 10.2. The second-order valence-electron chi connectivity index (χ2n) is 3.89. The first-order valence-electron chi connectivity index (χ1n) is 5.62. The quantitative estimate of drug-likeness (QED) is 0.858. The fourth-order valence-corrected chi connectivity index (χ4v) is 2.33. The highest BCUT2D eigenvalue weighted by Gasteiger charge is 2.15. The van der Waals surface area contributed by atoms with E-state index in [1.165, 1.54) is 43.8 Å². The number of anilines is 1. The molecule has 1 aromatic carbocycles. The molecule has 9 heteroatoms. The topological polar surface area (TPSA) is 98.2 Å². The SMILES string of the molecule is COc1ccc(S(=O)(=O)Cl)cc1NC(=O)c1ccnnc1. The van der Waals surface area contributed by atoms with Gasteiger partial charge in [-0.1, -0.05) is 0 Å². The van der Waals surface area contributed by atoms with Crippen LogP contribution in [0.1, 0.15) is 10.4 Å². The number of hydrogen-bond acceptors (Lipinski definition) is 6. The Bertz CT molecular complexity index is 765. The summed E-state index contributed by atoms with van der Waals surface area (Å²) in [5.41, 5.74) is 0.451. The third-order valence-corrected chi connectivity index (χ3v) is 3.90. The number of aromatic nitrogens is 2. The van der Waals surface area contributed by atoms with E-state index in [9.17, 15) is 13.2 Å². The molecule has 0 aliphatic carbocycles. The van der Waals surface area contributed by atoms with Crippen LogP contribution in [0.4, 0.5) is 5.69 Å². The normalized spacial score (nSPS) is 11.0. The lowest BCUT2D eigenvalue weighted by molar-refractivity contribution is 0.102. The molecular weight excluding hydrogens is 318 g/mol. The van der Waals surface area contributed by atoms with Crippen LogP contribution in [-0.4, -0.2) is 31.6 Å².